The van der Waals surface area contributed by atoms with Crippen molar-refractivity contribution in [3.05, 3.63) is 102 Å². The van der Waals surface area contributed by atoms with Gasteiger partial charge in [0.1, 0.15) is 30.2 Å². The van der Waals surface area contributed by atoms with Gasteiger partial charge < -0.3 is 31.2 Å². The molecule has 1 fully saturated rings. The first-order valence-corrected chi connectivity index (χ1v) is 17.9. The van der Waals surface area contributed by atoms with Gasteiger partial charge in [-0.3, -0.25) is 9.59 Å². The lowest BCUT2D eigenvalue weighted by molar-refractivity contribution is -0.128. The van der Waals surface area contributed by atoms with Gasteiger partial charge in [0.15, 0.2) is 0 Å². The molecule has 2 unspecified atom stereocenters. The van der Waals surface area contributed by atoms with Gasteiger partial charge in [0, 0.05) is 27.5 Å². The van der Waals surface area contributed by atoms with Gasteiger partial charge in [-0.15, -0.1) is 0 Å². The number of fused-ring (bicyclic) bond motifs is 4. The Kier molecular flexibility index (Phi) is 11.3. The second kappa shape index (κ2) is 16.2. The first-order valence-electron chi connectivity index (χ1n) is 17.9. The predicted octanol–water partition coefficient (Wildman–Crippen LogP) is 8.16. The van der Waals surface area contributed by atoms with Gasteiger partial charge in [-0.1, -0.05) is 87.2 Å². The molecule has 0 aromatic heterocycles. The van der Waals surface area contributed by atoms with Crippen molar-refractivity contribution in [1.29, 1.82) is 0 Å². The topological polar surface area (TPSA) is 132 Å². The van der Waals surface area contributed by atoms with E-state index in [1.165, 1.54) is 6.42 Å². The Balaban J connectivity index is 0.00000252. The van der Waals surface area contributed by atoms with E-state index < -0.39 is 24.1 Å². The zero-order valence-corrected chi connectivity index (χ0v) is 28.8. The average molecular weight is 683 g/mol. The van der Waals surface area contributed by atoms with E-state index >= 15 is 0 Å². The van der Waals surface area contributed by atoms with Crippen LogP contribution in [-0.2, 0) is 14.3 Å². The molecule has 0 bridgehead atoms. The molecule has 1 aliphatic heterocycles. The molecule has 50 heavy (non-hydrogen) atoms. The smallest absolute Gasteiger partial charge is 0.407 e. The normalized spacial score (nSPS) is 16.5. The molecular formula is C41H54N4O5. The van der Waals surface area contributed by atoms with Crippen LogP contribution < -0.4 is 26.4 Å². The molecule has 3 aromatic rings. The van der Waals surface area contributed by atoms with E-state index in [1.54, 1.807) is 6.07 Å². The van der Waals surface area contributed by atoms with Crippen molar-refractivity contribution in [2.24, 2.45) is 11.7 Å². The van der Waals surface area contributed by atoms with E-state index in [1.807, 2.05) is 49.4 Å². The molecule has 2 aliphatic carbocycles. The number of benzene rings is 3. The van der Waals surface area contributed by atoms with E-state index in [0.717, 1.165) is 59.1 Å². The number of nitrogens with two attached hydrogens (primary N) is 1. The lowest BCUT2D eigenvalue weighted by Gasteiger charge is -2.28. The number of hydrogen-bond donors (Lipinski definition) is 4. The Hall–Kier alpha value is -4.89. The van der Waals surface area contributed by atoms with Crippen LogP contribution in [0.2, 0.25) is 0 Å². The summed E-state index contributed by atoms with van der Waals surface area (Å²) >= 11 is 0. The molecule has 1 saturated carbocycles. The molecule has 268 valence electrons. The number of alkyl carbamates (subject to hydrolysis) is 1. The maximum absolute atomic E-state index is 14.0. The van der Waals surface area contributed by atoms with Crippen LogP contribution in [0.5, 0.6) is 5.75 Å². The summed E-state index contributed by atoms with van der Waals surface area (Å²) in [5.41, 5.74) is 12.8. The summed E-state index contributed by atoms with van der Waals surface area (Å²) in [7, 11) is 0. The Morgan fingerprint density at radius 2 is 1.60 bits per heavy atom. The fraction of sp³-hybridized carbons (Fsp3) is 0.390. The number of rotatable bonds is 13. The predicted molar refractivity (Wildman–Crippen MR) is 203 cm³/mol. The molecule has 0 radical (unpaired) electrons. The highest BCUT2D eigenvalue weighted by Gasteiger charge is 2.32. The van der Waals surface area contributed by atoms with Crippen LogP contribution in [0.4, 0.5) is 10.5 Å². The molecule has 1 heterocycles. The third kappa shape index (κ3) is 8.28. The average Bonchev–Trinajstić information content (AvgIpc) is 3.43. The molecule has 0 saturated heterocycles. The standard InChI is InChI=1S/C41H48N4O5.3H2/c1-26-22-27(2)50-38-24-29(19-20-30(26)38)43-39(46)36(18-10-11-21-42)44-40(47)37(23-28-12-4-3-5-13-28)45-41(48)49-25-35-33-16-8-6-14-31(33)32-15-7-9-17-34(32)35;;;/h6-9,14-17,19-20,22,24,28,35-37H,2-5,10-13,18,21,23,25,42H2,1H3,(H,43,46)(H,44,47)(H,45,48);3*1H. The van der Waals surface area contributed by atoms with Gasteiger partial charge in [0.2, 0.25) is 11.8 Å². The number of ether oxygens (including phenoxy) is 2. The van der Waals surface area contributed by atoms with Crippen molar-refractivity contribution in [3.63, 3.8) is 0 Å². The van der Waals surface area contributed by atoms with Crippen LogP contribution in [0.1, 0.15) is 91.6 Å². The molecule has 5 N–H and O–H groups in total. The van der Waals surface area contributed by atoms with E-state index in [4.69, 9.17) is 15.2 Å². The minimum Gasteiger partial charge on any atom is -0.457 e. The summed E-state index contributed by atoms with van der Waals surface area (Å²) < 4.78 is 11.6. The highest BCUT2D eigenvalue weighted by molar-refractivity contribution is 5.98. The monoisotopic (exact) mass is 682 g/mol. The van der Waals surface area contributed by atoms with Crippen molar-refractivity contribution in [1.82, 2.24) is 10.6 Å². The molecule has 9 heteroatoms. The third-order valence-corrected chi connectivity index (χ3v) is 10.1. The number of carbonyl (C=O) groups excluding carboxylic acids is 3. The fourth-order valence-corrected chi connectivity index (χ4v) is 7.53. The first kappa shape index (κ1) is 35.0. The highest BCUT2D eigenvalue weighted by Crippen LogP contribution is 2.44. The molecular weight excluding hydrogens is 628 g/mol. The van der Waals surface area contributed by atoms with Gasteiger partial charge in [0.05, 0.1) is 0 Å². The van der Waals surface area contributed by atoms with Crippen molar-refractivity contribution in [2.45, 2.75) is 82.7 Å². The second-order valence-electron chi connectivity index (χ2n) is 13.7. The maximum Gasteiger partial charge on any atom is 0.407 e. The van der Waals surface area contributed by atoms with E-state index in [-0.39, 0.29) is 22.7 Å². The van der Waals surface area contributed by atoms with Crippen molar-refractivity contribution >= 4 is 29.2 Å². The van der Waals surface area contributed by atoms with Crippen molar-refractivity contribution in [3.8, 4) is 16.9 Å². The van der Waals surface area contributed by atoms with E-state index in [0.29, 0.717) is 55.3 Å². The van der Waals surface area contributed by atoms with Crippen molar-refractivity contribution < 1.29 is 28.1 Å². The summed E-state index contributed by atoms with van der Waals surface area (Å²) in [6.45, 7) is 6.51. The molecule has 2 atom stereocenters. The van der Waals surface area contributed by atoms with E-state index in [2.05, 4.69) is 46.8 Å². The minimum absolute atomic E-state index is 0. The lowest BCUT2D eigenvalue weighted by Crippen LogP contribution is -2.53. The summed E-state index contributed by atoms with van der Waals surface area (Å²) in [5, 5.41) is 8.82. The van der Waals surface area contributed by atoms with Crippen LogP contribution in [0, 0.1) is 5.92 Å². The van der Waals surface area contributed by atoms with Crippen molar-refractivity contribution in [2.75, 3.05) is 18.5 Å². The lowest BCUT2D eigenvalue weighted by atomic mass is 9.84. The second-order valence-corrected chi connectivity index (χ2v) is 13.7. The summed E-state index contributed by atoms with van der Waals surface area (Å²) in [6, 6.07) is 20.1. The van der Waals surface area contributed by atoms with Crippen LogP contribution in [0.3, 0.4) is 0 Å². The number of amides is 3. The van der Waals surface area contributed by atoms with Gasteiger partial charge in [-0.05, 0) is 91.1 Å². The Morgan fingerprint density at radius 3 is 2.30 bits per heavy atom. The summed E-state index contributed by atoms with van der Waals surface area (Å²) in [6.07, 6.45) is 8.83. The molecule has 3 aromatic carbocycles. The summed E-state index contributed by atoms with van der Waals surface area (Å²) in [5.74, 6) is 0.578. The first-order chi connectivity index (χ1) is 24.3. The van der Waals surface area contributed by atoms with Gasteiger partial charge in [0.25, 0.3) is 0 Å². The van der Waals surface area contributed by atoms with E-state index in [9.17, 15) is 14.4 Å². The van der Waals surface area contributed by atoms with Crippen LogP contribution in [-0.4, -0.2) is 43.1 Å². The quantitative estimate of drug-likeness (QED) is 0.135. The fourth-order valence-electron chi connectivity index (χ4n) is 7.53. The number of allylic oxidation sites excluding steroid dienone is 2. The number of carbonyl (C=O) groups is 3. The minimum atomic E-state index is -0.850. The maximum atomic E-state index is 14.0. The van der Waals surface area contributed by atoms with Gasteiger partial charge >= 0.3 is 6.09 Å². The highest BCUT2D eigenvalue weighted by atomic mass is 16.5. The Labute approximate surface area is 299 Å². The molecule has 3 amide bonds. The zero-order chi connectivity index (χ0) is 35.0. The SMILES string of the molecule is C=C1C=C(C)c2ccc(NC(=O)C(CCCCN)NC(=O)C(CC3CCCCC3)NC(=O)OCC3c4ccccc4-c4ccccc43)cc2O1.[HH].[HH].[HH]. The zero-order valence-electron chi connectivity index (χ0n) is 28.8. The molecule has 3 aliphatic rings. The van der Waals surface area contributed by atoms with Gasteiger partial charge in [-0.2, -0.15) is 0 Å². The van der Waals surface area contributed by atoms with Gasteiger partial charge in [-0.25, -0.2) is 4.79 Å². The third-order valence-electron chi connectivity index (χ3n) is 10.1. The number of hydrogen-bond acceptors (Lipinski definition) is 6. The Morgan fingerprint density at radius 1 is 0.900 bits per heavy atom. The number of nitrogens with one attached hydrogen (secondary N) is 3. The summed E-state index contributed by atoms with van der Waals surface area (Å²) in [4.78, 5) is 41.1. The van der Waals surface area contributed by atoms with Crippen LogP contribution >= 0.6 is 0 Å². The Bertz CT molecular complexity index is 1730. The molecule has 6 rings (SSSR count). The molecule has 9 nitrogen and oxygen atoms in total. The number of unbranched alkanes of at least 4 members (excludes halogenated alkanes) is 1. The van der Waals surface area contributed by atoms with Crippen LogP contribution in [0.15, 0.2) is 85.1 Å². The van der Waals surface area contributed by atoms with Crippen LogP contribution in [0.25, 0.3) is 16.7 Å². The largest absolute Gasteiger partial charge is 0.457 e. The number of anilines is 1. The molecule has 0 spiro atoms.